The topological polar surface area (TPSA) is 84.3 Å². The zero-order valence-corrected chi connectivity index (χ0v) is 12.3. The van der Waals surface area contributed by atoms with Crippen molar-refractivity contribution in [3.63, 3.8) is 0 Å². The maximum atomic E-state index is 12.4. The molecule has 0 aromatic rings. The number of carboxylic acid groups (broad SMARTS) is 1. The second-order valence-corrected chi connectivity index (χ2v) is 5.11. The molecule has 116 valence electrons. The number of urea groups is 1. The predicted octanol–water partition coefficient (Wildman–Crippen LogP) is -0.0986. The second kappa shape index (κ2) is 8.06. The number of hydrogen-bond acceptors (Lipinski definition) is 4. The lowest BCUT2D eigenvalue weighted by Crippen LogP contribution is -2.55. The van der Waals surface area contributed by atoms with E-state index < -0.39 is 5.97 Å². The first kappa shape index (κ1) is 16.7. The maximum absolute atomic E-state index is 12.4. The quantitative estimate of drug-likeness (QED) is 0.713. The lowest BCUT2D eigenvalue weighted by atomic mass is 10.2. The molecule has 2 amide bonds. The summed E-state index contributed by atoms with van der Waals surface area (Å²) in [6.45, 7) is 6.86. The first-order valence-electron chi connectivity index (χ1n) is 7.10. The van der Waals surface area contributed by atoms with Crippen LogP contribution in [-0.4, -0.2) is 88.8 Å². The van der Waals surface area contributed by atoms with E-state index in [-0.39, 0.29) is 25.2 Å². The molecule has 20 heavy (non-hydrogen) atoms. The highest BCUT2D eigenvalue weighted by atomic mass is 16.4. The Morgan fingerprint density at radius 3 is 2.30 bits per heavy atom. The smallest absolute Gasteiger partial charge is 0.323 e. The zero-order chi connectivity index (χ0) is 15.1. The first-order valence-corrected chi connectivity index (χ1v) is 7.10. The van der Waals surface area contributed by atoms with Crippen LogP contribution in [0.2, 0.25) is 0 Å². The number of nitrogens with zero attached hydrogens (tertiary/aromatic N) is 3. The highest BCUT2D eigenvalue weighted by Gasteiger charge is 2.28. The summed E-state index contributed by atoms with van der Waals surface area (Å²) >= 11 is 0. The molecule has 0 aromatic heterocycles. The Morgan fingerprint density at radius 2 is 1.85 bits per heavy atom. The highest BCUT2D eigenvalue weighted by Crippen LogP contribution is 2.10. The van der Waals surface area contributed by atoms with Crippen molar-refractivity contribution in [2.24, 2.45) is 0 Å². The van der Waals surface area contributed by atoms with Crippen LogP contribution in [0.1, 0.15) is 20.3 Å². The summed E-state index contributed by atoms with van der Waals surface area (Å²) in [7, 11) is 0. The Bertz CT molecular complexity index is 330. The molecule has 0 aromatic carbocycles. The Hall–Kier alpha value is -1.34. The van der Waals surface area contributed by atoms with Crippen molar-refractivity contribution in [3.05, 3.63) is 0 Å². The number of aliphatic hydroxyl groups is 1. The second-order valence-electron chi connectivity index (χ2n) is 5.11. The van der Waals surface area contributed by atoms with E-state index in [1.165, 1.54) is 4.90 Å². The van der Waals surface area contributed by atoms with Gasteiger partial charge in [0.2, 0.25) is 0 Å². The van der Waals surface area contributed by atoms with Crippen LogP contribution in [0.5, 0.6) is 0 Å². The molecule has 1 saturated heterocycles. The van der Waals surface area contributed by atoms with Crippen molar-refractivity contribution < 1.29 is 19.8 Å². The van der Waals surface area contributed by atoms with E-state index in [2.05, 4.69) is 4.90 Å². The van der Waals surface area contributed by atoms with Gasteiger partial charge in [0.15, 0.2) is 0 Å². The molecule has 7 heteroatoms. The molecular formula is C13H25N3O4. The lowest BCUT2D eigenvalue weighted by molar-refractivity contribution is -0.138. The lowest BCUT2D eigenvalue weighted by Gasteiger charge is -2.38. The number of carbonyl (C=O) groups excluding carboxylic acids is 1. The fourth-order valence-corrected chi connectivity index (χ4v) is 2.26. The summed E-state index contributed by atoms with van der Waals surface area (Å²) < 4.78 is 0. The van der Waals surface area contributed by atoms with Crippen molar-refractivity contribution in [1.82, 2.24) is 14.7 Å². The summed E-state index contributed by atoms with van der Waals surface area (Å²) in [4.78, 5) is 28.5. The van der Waals surface area contributed by atoms with Gasteiger partial charge < -0.3 is 20.0 Å². The molecule has 0 aliphatic carbocycles. The van der Waals surface area contributed by atoms with E-state index >= 15 is 0 Å². The van der Waals surface area contributed by atoms with Crippen LogP contribution in [0.4, 0.5) is 4.79 Å². The summed E-state index contributed by atoms with van der Waals surface area (Å²) in [5.74, 6) is -0.988. The minimum Gasteiger partial charge on any atom is -0.480 e. The molecule has 0 bridgehead atoms. The molecule has 0 spiro atoms. The standard InChI is InChI=1S/C13H25N3O4/c1-3-11(2)16(10-12(18)19)13(20)15-6-4-14(5-7-15)8-9-17/h11,17H,3-10H2,1-2H3,(H,18,19). The van der Waals surface area contributed by atoms with Crippen molar-refractivity contribution in [3.8, 4) is 0 Å². The molecule has 1 heterocycles. The molecule has 1 atom stereocenters. The van der Waals surface area contributed by atoms with Gasteiger partial charge in [0.05, 0.1) is 6.61 Å². The average Bonchev–Trinajstić information content (AvgIpc) is 2.44. The van der Waals surface area contributed by atoms with Crippen LogP contribution in [0.3, 0.4) is 0 Å². The van der Waals surface area contributed by atoms with Gasteiger partial charge in [0.1, 0.15) is 6.54 Å². The SMILES string of the molecule is CCC(C)N(CC(=O)O)C(=O)N1CCN(CCO)CC1. The summed E-state index contributed by atoms with van der Waals surface area (Å²) in [5.41, 5.74) is 0. The number of carboxylic acids is 1. The third-order valence-electron chi connectivity index (χ3n) is 3.73. The van der Waals surface area contributed by atoms with E-state index in [1.807, 2.05) is 13.8 Å². The Balaban J connectivity index is 2.59. The van der Waals surface area contributed by atoms with Gasteiger partial charge >= 0.3 is 12.0 Å². The van der Waals surface area contributed by atoms with Crippen molar-refractivity contribution in [1.29, 1.82) is 0 Å². The van der Waals surface area contributed by atoms with Crippen LogP contribution < -0.4 is 0 Å². The molecule has 1 aliphatic rings. The van der Waals surface area contributed by atoms with Crippen molar-refractivity contribution in [2.45, 2.75) is 26.3 Å². The van der Waals surface area contributed by atoms with E-state index in [1.54, 1.807) is 4.90 Å². The van der Waals surface area contributed by atoms with E-state index in [9.17, 15) is 9.59 Å². The van der Waals surface area contributed by atoms with Gasteiger partial charge in [-0.15, -0.1) is 0 Å². The molecule has 0 radical (unpaired) electrons. The molecule has 1 fully saturated rings. The maximum Gasteiger partial charge on any atom is 0.323 e. The first-order chi connectivity index (χ1) is 9.49. The van der Waals surface area contributed by atoms with Crippen molar-refractivity contribution >= 4 is 12.0 Å². The number of piperazine rings is 1. The van der Waals surface area contributed by atoms with Gasteiger partial charge in [-0.3, -0.25) is 9.69 Å². The number of carbonyl (C=O) groups is 2. The number of β-amino-alcohol motifs (C(OH)–C–C–N with tert-alkyl or cyclic N) is 1. The van der Waals surface area contributed by atoms with Gasteiger partial charge in [0, 0.05) is 38.8 Å². The minimum absolute atomic E-state index is 0.0888. The van der Waals surface area contributed by atoms with Gasteiger partial charge in [-0.25, -0.2) is 4.79 Å². The Kier molecular flexibility index (Phi) is 6.74. The average molecular weight is 287 g/mol. The molecule has 1 unspecified atom stereocenters. The molecular weight excluding hydrogens is 262 g/mol. The fourth-order valence-electron chi connectivity index (χ4n) is 2.26. The molecule has 2 N–H and O–H groups in total. The Labute approximate surface area is 119 Å². The number of aliphatic carboxylic acids is 1. The van der Waals surface area contributed by atoms with E-state index in [0.717, 1.165) is 6.42 Å². The van der Waals surface area contributed by atoms with Gasteiger partial charge in [-0.1, -0.05) is 6.92 Å². The number of hydrogen-bond donors (Lipinski definition) is 2. The number of rotatable bonds is 6. The van der Waals surface area contributed by atoms with E-state index in [4.69, 9.17) is 10.2 Å². The minimum atomic E-state index is -0.988. The third kappa shape index (κ3) is 4.64. The van der Waals surface area contributed by atoms with Crippen LogP contribution in [0, 0.1) is 0 Å². The van der Waals surface area contributed by atoms with Crippen LogP contribution >= 0.6 is 0 Å². The predicted molar refractivity (Wildman–Crippen MR) is 74.6 cm³/mol. The number of amides is 2. The van der Waals surface area contributed by atoms with Crippen LogP contribution in [0.15, 0.2) is 0 Å². The summed E-state index contributed by atoms with van der Waals surface area (Å²) in [6, 6.07) is -0.292. The summed E-state index contributed by atoms with van der Waals surface area (Å²) in [5, 5.41) is 17.8. The van der Waals surface area contributed by atoms with Gasteiger partial charge in [-0.05, 0) is 13.3 Å². The normalized spacial score (nSPS) is 17.9. The molecule has 1 aliphatic heterocycles. The largest absolute Gasteiger partial charge is 0.480 e. The molecule has 7 nitrogen and oxygen atoms in total. The van der Waals surface area contributed by atoms with E-state index in [0.29, 0.717) is 32.7 Å². The fraction of sp³-hybridized carbons (Fsp3) is 0.846. The number of aliphatic hydroxyl groups excluding tert-OH is 1. The zero-order valence-electron chi connectivity index (χ0n) is 12.3. The molecule has 0 saturated carbocycles. The van der Waals surface area contributed by atoms with Crippen LogP contribution in [0.25, 0.3) is 0 Å². The molecule has 1 rings (SSSR count). The van der Waals surface area contributed by atoms with Gasteiger partial charge in [-0.2, -0.15) is 0 Å². The van der Waals surface area contributed by atoms with Crippen molar-refractivity contribution in [2.75, 3.05) is 45.9 Å². The Morgan fingerprint density at radius 1 is 1.25 bits per heavy atom. The monoisotopic (exact) mass is 287 g/mol. The highest BCUT2D eigenvalue weighted by molar-refractivity contribution is 5.80. The van der Waals surface area contributed by atoms with Gasteiger partial charge in [0.25, 0.3) is 0 Å². The summed E-state index contributed by atoms with van der Waals surface area (Å²) in [6.07, 6.45) is 0.726. The van der Waals surface area contributed by atoms with Crippen LogP contribution in [-0.2, 0) is 4.79 Å². The third-order valence-corrected chi connectivity index (χ3v) is 3.73.